The number of sulfonamides is 1. The Labute approximate surface area is 195 Å². The number of hydrogen-bond donors (Lipinski definition) is 0. The summed E-state index contributed by atoms with van der Waals surface area (Å²) < 4.78 is 29.0. The van der Waals surface area contributed by atoms with E-state index < -0.39 is 10.0 Å². The largest absolute Gasteiger partial charge is 0.368 e. The number of fused-ring (bicyclic) bond motifs is 1. The highest BCUT2D eigenvalue weighted by Gasteiger charge is 2.36. The van der Waals surface area contributed by atoms with Crippen LogP contribution in [-0.2, 0) is 14.8 Å². The maximum absolute atomic E-state index is 13.4. The first kappa shape index (κ1) is 21.9. The second-order valence-electron chi connectivity index (χ2n) is 9.20. The molecule has 2 fully saturated rings. The molecule has 0 saturated carbocycles. The number of amidine groups is 1. The second kappa shape index (κ2) is 8.48. The normalized spacial score (nSPS) is 22.2. The highest BCUT2D eigenvalue weighted by molar-refractivity contribution is 7.90. The van der Waals surface area contributed by atoms with Crippen LogP contribution in [0.5, 0.6) is 0 Å². The molecular weight excluding hydrogens is 436 g/mol. The Kier molecular flexibility index (Phi) is 5.64. The number of hydrogen-bond acceptors (Lipinski definition) is 5. The van der Waals surface area contributed by atoms with Gasteiger partial charge in [-0.25, -0.2) is 0 Å². The Morgan fingerprint density at radius 1 is 0.939 bits per heavy atom. The molecule has 3 heterocycles. The third-order valence-electron chi connectivity index (χ3n) is 7.19. The van der Waals surface area contributed by atoms with Crippen LogP contribution in [0.1, 0.15) is 29.5 Å². The van der Waals surface area contributed by atoms with Crippen molar-refractivity contribution in [3.8, 4) is 0 Å². The maximum atomic E-state index is 13.4. The van der Waals surface area contributed by atoms with Crippen molar-refractivity contribution in [1.82, 2.24) is 9.80 Å². The van der Waals surface area contributed by atoms with E-state index in [0.29, 0.717) is 37.6 Å². The van der Waals surface area contributed by atoms with E-state index in [4.69, 9.17) is 0 Å². The first-order chi connectivity index (χ1) is 15.8. The van der Waals surface area contributed by atoms with Gasteiger partial charge in [-0.3, -0.25) is 4.79 Å². The summed E-state index contributed by atoms with van der Waals surface area (Å²) in [6.45, 7) is 8.58. The molecule has 2 aromatic carbocycles. The molecule has 174 valence electrons. The van der Waals surface area contributed by atoms with Gasteiger partial charge in [0.15, 0.2) is 5.84 Å². The summed E-state index contributed by atoms with van der Waals surface area (Å²) in [6, 6.07) is 13.3. The van der Waals surface area contributed by atoms with Crippen molar-refractivity contribution in [1.29, 1.82) is 0 Å². The van der Waals surface area contributed by atoms with E-state index >= 15 is 0 Å². The molecule has 5 rings (SSSR count). The molecule has 2 aromatic rings. The van der Waals surface area contributed by atoms with Crippen LogP contribution in [0.15, 0.2) is 51.8 Å². The number of rotatable bonds is 2. The average Bonchev–Trinajstić information content (AvgIpc) is 3.12. The summed E-state index contributed by atoms with van der Waals surface area (Å²) in [5, 5.41) is 0. The van der Waals surface area contributed by atoms with Crippen molar-refractivity contribution in [3.05, 3.63) is 59.2 Å². The van der Waals surface area contributed by atoms with Gasteiger partial charge in [-0.1, -0.05) is 24.3 Å². The van der Waals surface area contributed by atoms with Crippen molar-refractivity contribution in [2.24, 2.45) is 10.3 Å². The smallest absolute Gasteiger partial charge is 0.285 e. The van der Waals surface area contributed by atoms with E-state index in [9.17, 15) is 13.2 Å². The van der Waals surface area contributed by atoms with Crippen molar-refractivity contribution < 1.29 is 13.2 Å². The van der Waals surface area contributed by atoms with Crippen LogP contribution in [0.25, 0.3) is 0 Å². The first-order valence-electron chi connectivity index (χ1n) is 11.6. The summed E-state index contributed by atoms with van der Waals surface area (Å²) in [4.78, 5) is 20.0. The number of carbonyl (C=O) groups is 1. The summed E-state index contributed by atoms with van der Waals surface area (Å²) in [6.07, 6.45) is 1.67. The predicted molar refractivity (Wildman–Crippen MR) is 129 cm³/mol. The van der Waals surface area contributed by atoms with E-state index in [-0.39, 0.29) is 16.7 Å². The fourth-order valence-electron chi connectivity index (χ4n) is 5.19. The van der Waals surface area contributed by atoms with Gasteiger partial charge in [-0.15, -0.1) is 4.40 Å². The Morgan fingerprint density at radius 2 is 1.70 bits per heavy atom. The highest BCUT2D eigenvalue weighted by Crippen LogP contribution is 2.30. The number of anilines is 1. The van der Waals surface area contributed by atoms with Crippen LogP contribution in [0, 0.1) is 19.8 Å². The summed E-state index contributed by atoms with van der Waals surface area (Å²) >= 11 is 0. The minimum Gasteiger partial charge on any atom is -0.368 e. The van der Waals surface area contributed by atoms with Gasteiger partial charge in [-0.05, 0) is 56.0 Å². The van der Waals surface area contributed by atoms with Gasteiger partial charge in [0.2, 0.25) is 5.91 Å². The number of nitrogens with zero attached hydrogens (tertiary/aromatic N) is 4. The molecule has 1 atom stereocenters. The Balaban J connectivity index is 1.26. The van der Waals surface area contributed by atoms with Crippen molar-refractivity contribution in [2.75, 3.05) is 44.2 Å². The molecule has 2 saturated heterocycles. The molecule has 0 radical (unpaired) electrons. The monoisotopic (exact) mass is 466 g/mol. The van der Waals surface area contributed by atoms with Gasteiger partial charge in [0.05, 0.1) is 5.92 Å². The van der Waals surface area contributed by atoms with Crippen LogP contribution in [0.2, 0.25) is 0 Å². The van der Waals surface area contributed by atoms with E-state index in [0.717, 1.165) is 25.9 Å². The molecule has 0 bridgehead atoms. The molecule has 8 heteroatoms. The molecule has 1 amide bonds. The summed E-state index contributed by atoms with van der Waals surface area (Å²) in [7, 11) is -3.66. The van der Waals surface area contributed by atoms with Crippen LogP contribution in [-0.4, -0.2) is 69.2 Å². The molecule has 0 aromatic heterocycles. The fourth-order valence-corrected chi connectivity index (χ4v) is 6.42. The SMILES string of the molecule is Cc1cccc(N2CCN(C(=O)C3CCCN(C4=NS(=O)(=O)c5ccccc54)C3)CC2)c1C. The Hall–Kier alpha value is -2.87. The highest BCUT2D eigenvalue weighted by atomic mass is 32.2. The third kappa shape index (κ3) is 4.01. The number of carbonyl (C=O) groups excluding carboxylic acids is 1. The Bertz CT molecular complexity index is 1220. The zero-order valence-corrected chi connectivity index (χ0v) is 20.0. The minimum absolute atomic E-state index is 0.135. The quantitative estimate of drug-likeness (QED) is 0.681. The minimum atomic E-state index is -3.66. The van der Waals surface area contributed by atoms with E-state index in [2.05, 4.69) is 41.3 Å². The van der Waals surface area contributed by atoms with E-state index in [1.165, 1.54) is 16.8 Å². The number of piperazine rings is 1. The molecule has 0 N–H and O–H groups in total. The van der Waals surface area contributed by atoms with Gasteiger partial charge < -0.3 is 14.7 Å². The van der Waals surface area contributed by atoms with E-state index in [1.54, 1.807) is 18.2 Å². The van der Waals surface area contributed by atoms with Crippen molar-refractivity contribution in [2.45, 2.75) is 31.6 Å². The zero-order chi connectivity index (χ0) is 23.2. The van der Waals surface area contributed by atoms with Gasteiger partial charge >= 0.3 is 0 Å². The summed E-state index contributed by atoms with van der Waals surface area (Å²) in [5.74, 6) is 0.530. The number of benzene rings is 2. The van der Waals surface area contributed by atoms with E-state index in [1.807, 2.05) is 15.9 Å². The lowest BCUT2D eigenvalue weighted by molar-refractivity contribution is -0.137. The average molecular weight is 467 g/mol. The fraction of sp³-hybridized carbons (Fsp3) is 0.440. The molecule has 7 nitrogen and oxygen atoms in total. The van der Waals surface area contributed by atoms with Gasteiger partial charge in [0.25, 0.3) is 10.0 Å². The number of likely N-dealkylation sites (tertiary alicyclic amines) is 1. The predicted octanol–water partition coefficient (Wildman–Crippen LogP) is 2.81. The topological polar surface area (TPSA) is 73.3 Å². The molecule has 33 heavy (non-hydrogen) atoms. The van der Waals surface area contributed by atoms with Crippen molar-refractivity contribution in [3.63, 3.8) is 0 Å². The zero-order valence-electron chi connectivity index (χ0n) is 19.2. The molecule has 0 spiro atoms. The molecule has 1 unspecified atom stereocenters. The third-order valence-corrected chi connectivity index (χ3v) is 8.52. The Morgan fingerprint density at radius 3 is 2.48 bits per heavy atom. The van der Waals surface area contributed by atoms with Crippen LogP contribution in [0.3, 0.4) is 0 Å². The lowest BCUT2D eigenvalue weighted by atomic mass is 9.95. The molecular formula is C25H30N4O3S. The van der Waals surface area contributed by atoms with Gasteiger partial charge in [0, 0.05) is 50.5 Å². The summed E-state index contributed by atoms with van der Waals surface area (Å²) in [5.41, 5.74) is 4.48. The maximum Gasteiger partial charge on any atom is 0.285 e. The number of piperidine rings is 1. The number of aryl methyl sites for hydroxylation is 1. The first-order valence-corrected chi connectivity index (χ1v) is 13.1. The second-order valence-corrected chi connectivity index (χ2v) is 10.8. The molecule has 3 aliphatic rings. The number of amides is 1. The van der Waals surface area contributed by atoms with Crippen LogP contribution >= 0.6 is 0 Å². The molecule has 3 aliphatic heterocycles. The van der Waals surface area contributed by atoms with Crippen LogP contribution < -0.4 is 4.90 Å². The standard InChI is InChI=1S/C25H30N4O3S/c1-18-7-5-10-22(19(18)2)27-13-15-28(16-14-27)25(30)20-8-6-12-29(17-20)24-21-9-3-4-11-23(21)33(31,32)26-24/h3-5,7,9-11,20H,6,8,12-17H2,1-2H3. The van der Waals surface area contributed by atoms with Crippen LogP contribution in [0.4, 0.5) is 5.69 Å². The molecule has 0 aliphatic carbocycles. The van der Waals surface area contributed by atoms with Crippen molar-refractivity contribution >= 4 is 27.5 Å². The lowest BCUT2D eigenvalue weighted by Crippen LogP contribution is -2.53. The van der Waals surface area contributed by atoms with Gasteiger partial charge in [-0.2, -0.15) is 8.42 Å². The van der Waals surface area contributed by atoms with Gasteiger partial charge in [0.1, 0.15) is 4.90 Å². The lowest BCUT2D eigenvalue weighted by Gasteiger charge is -2.40.